The fourth-order valence-electron chi connectivity index (χ4n) is 4.22. The summed E-state index contributed by atoms with van der Waals surface area (Å²) >= 11 is 0. The van der Waals surface area contributed by atoms with E-state index in [0.29, 0.717) is 37.0 Å². The molecule has 1 aromatic rings. The second-order valence-corrected chi connectivity index (χ2v) is 8.30. The molecule has 3 rings (SSSR count). The summed E-state index contributed by atoms with van der Waals surface area (Å²) in [6.45, 7) is 9.55. The molecule has 2 fully saturated rings. The maximum absolute atomic E-state index is 12.5. The molecule has 9 heteroatoms. The van der Waals surface area contributed by atoms with E-state index >= 15 is 0 Å². The number of rotatable bonds is 6. The van der Waals surface area contributed by atoms with Crippen molar-refractivity contribution >= 4 is 29.9 Å². The summed E-state index contributed by atoms with van der Waals surface area (Å²) in [5.41, 5.74) is 0.638. The average Bonchev–Trinajstić information content (AvgIpc) is 3.08. The molecule has 0 aromatic carbocycles. The minimum Gasteiger partial charge on any atom is -0.372 e. The summed E-state index contributed by atoms with van der Waals surface area (Å²) in [4.78, 5) is 26.7. The van der Waals surface area contributed by atoms with Crippen molar-refractivity contribution in [1.82, 2.24) is 20.0 Å². The smallest absolute Gasteiger partial charge is 0.244 e. The maximum Gasteiger partial charge on any atom is 0.244 e. The highest BCUT2D eigenvalue weighted by atomic mass is 35.5. The summed E-state index contributed by atoms with van der Waals surface area (Å²) in [6, 6.07) is 0. The first-order valence-corrected chi connectivity index (χ1v) is 10.4. The van der Waals surface area contributed by atoms with E-state index in [1.165, 1.54) is 0 Å². The van der Waals surface area contributed by atoms with Crippen molar-refractivity contribution in [2.45, 2.75) is 58.8 Å². The second kappa shape index (κ2) is 10.9. The normalized spacial score (nSPS) is 23.9. The second-order valence-electron chi connectivity index (χ2n) is 8.30. The maximum atomic E-state index is 12.5. The van der Waals surface area contributed by atoms with E-state index in [4.69, 9.17) is 4.74 Å². The van der Waals surface area contributed by atoms with Crippen LogP contribution < -0.4 is 10.6 Å². The standard InChI is InChI=1S/C20H33N5O3.ClH/c1-14(17-4-6-21-7-5-17)8-19(26)23-18-9-22-25(12-18)13-20(27)24-10-15(2)28-16(3)11-24;/h9,12,14-17,21H,4-8,10-11,13H2,1-3H3,(H,23,26);1H. The molecule has 3 unspecified atom stereocenters. The van der Waals surface area contributed by atoms with Gasteiger partial charge in [0.15, 0.2) is 0 Å². The van der Waals surface area contributed by atoms with Gasteiger partial charge in [0.25, 0.3) is 0 Å². The molecule has 2 N–H and O–H groups in total. The molecule has 0 bridgehead atoms. The van der Waals surface area contributed by atoms with Crippen molar-refractivity contribution in [3.05, 3.63) is 12.4 Å². The van der Waals surface area contributed by atoms with Gasteiger partial charge in [-0.1, -0.05) is 6.92 Å². The molecule has 0 aliphatic carbocycles. The van der Waals surface area contributed by atoms with E-state index in [1.54, 1.807) is 17.1 Å². The van der Waals surface area contributed by atoms with Crippen LogP contribution in [-0.2, 0) is 20.9 Å². The number of aromatic nitrogens is 2. The highest BCUT2D eigenvalue weighted by Crippen LogP contribution is 2.24. The topological polar surface area (TPSA) is 88.5 Å². The minimum absolute atomic E-state index is 0. The lowest BCUT2D eigenvalue weighted by Crippen LogP contribution is -2.49. The van der Waals surface area contributed by atoms with Crippen LogP contribution in [0.25, 0.3) is 0 Å². The largest absolute Gasteiger partial charge is 0.372 e. The third-order valence-corrected chi connectivity index (χ3v) is 5.68. The third kappa shape index (κ3) is 6.97. The van der Waals surface area contributed by atoms with Gasteiger partial charge >= 0.3 is 0 Å². The van der Waals surface area contributed by atoms with Crippen LogP contribution in [0.4, 0.5) is 5.69 Å². The number of halogens is 1. The minimum atomic E-state index is 0. The van der Waals surface area contributed by atoms with Crippen LogP contribution in [0.15, 0.2) is 12.4 Å². The van der Waals surface area contributed by atoms with Crippen LogP contribution in [0, 0.1) is 11.8 Å². The Balaban J connectivity index is 0.00000300. The number of ether oxygens (including phenoxy) is 1. The molecule has 0 spiro atoms. The first-order chi connectivity index (χ1) is 13.4. The Kier molecular flexibility index (Phi) is 8.92. The summed E-state index contributed by atoms with van der Waals surface area (Å²) in [5, 5.41) is 10.5. The zero-order chi connectivity index (χ0) is 20.1. The lowest BCUT2D eigenvalue weighted by molar-refractivity contribution is -0.144. The molecule has 2 aliphatic rings. The summed E-state index contributed by atoms with van der Waals surface area (Å²) in [7, 11) is 0. The number of amides is 2. The molecule has 0 radical (unpaired) electrons. The van der Waals surface area contributed by atoms with Crippen molar-refractivity contribution < 1.29 is 14.3 Å². The molecule has 3 heterocycles. The number of carbonyl (C=O) groups excluding carboxylic acids is 2. The zero-order valence-corrected chi connectivity index (χ0v) is 18.4. The average molecular weight is 428 g/mol. The van der Waals surface area contributed by atoms with Gasteiger partial charge in [0.05, 0.1) is 24.1 Å². The monoisotopic (exact) mass is 427 g/mol. The molecule has 2 aliphatic heterocycles. The van der Waals surface area contributed by atoms with Crippen molar-refractivity contribution in [2.24, 2.45) is 11.8 Å². The van der Waals surface area contributed by atoms with Gasteiger partial charge in [0, 0.05) is 25.7 Å². The fraction of sp³-hybridized carbons (Fsp3) is 0.750. The Hall–Kier alpha value is -1.64. The number of nitrogens with zero attached hydrogens (tertiary/aromatic N) is 3. The highest BCUT2D eigenvalue weighted by Gasteiger charge is 2.26. The third-order valence-electron chi connectivity index (χ3n) is 5.68. The van der Waals surface area contributed by atoms with E-state index in [2.05, 4.69) is 22.7 Å². The van der Waals surface area contributed by atoms with Crippen LogP contribution in [0.5, 0.6) is 0 Å². The van der Waals surface area contributed by atoms with Crippen LogP contribution in [-0.4, -0.2) is 64.9 Å². The number of morpholine rings is 1. The molecule has 8 nitrogen and oxygen atoms in total. The van der Waals surface area contributed by atoms with Gasteiger partial charge in [-0.3, -0.25) is 14.3 Å². The van der Waals surface area contributed by atoms with Crippen LogP contribution in [0.1, 0.15) is 40.0 Å². The molecule has 3 atom stereocenters. The van der Waals surface area contributed by atoms with Gasteiger partial charge in [-0.25, -0.2) is 0 Å². The quantitative estimate of drug-likeness (QED) is 0.723. The first-order valence-electron chi connectivity index (χ1n) is 10.4. The van der Waals surface area contributed by atoms with E-state index in [-0.39, 0.29) is 43.0 Å². The predicted octanol–water partition coefficient (Wildman–Crippen LogP) is 1.90. The Bertz CT molecular complexity index is 667. The van der Waals surface area contributed by atoms with E-state index < -0.39 is 0 Å². The van der Waals surface area contributed by atoms with Gasteiger partial charge in [-0.2, -0.15) is 5.10 Å². The number of carbonyl (C=O) groups is 2. The number of anilines is 1. The van der Waals surface area contributed by atoms with Crippen molar-refractivity contribution in [1.29, 1.82) is 0 Å². The lowest BCUT2D eigenvalue weighted by Gasteiger charge is -2.35. The highest BCUT2D eigenvalue weighted by molar-refractivity contribution is 5.90. The molecule has 1 aromatic heterocycles. The molecule has 0 saturated carbocycles. The SMILES string of the molecule is CC1CN(C(=O)Cn2cc(NC(=O)CC(C)C3CCNCC3)cn2)CC(C)O1.Cl. The van der Waals surface area contributed by atoms with E-state index in [0.717, 1.165) is 25.9 Å². The summed E-state index contributed by atoms with van der Waals surface area (Å²) in [5.74, 6) is 0.991. The predicted molar refractivity (Wildman–Crippen MR) is 114 cm³/mol. The molecule has 2 amide bonds. The molecule has 29 heavy (non-hydrogen) atoms. The van der Waals surface area contributed by atoms with Crippen molar-refractivity contribution in [2.75, 3.05) is 31.5 Å². The molecule has 164 valence electrons. The Morgan fingerprint density at radius 3 is 2.59 bits per heavy atom. The van der Waals surface area contributed by atoms with Crippen LogP contribution in [0.3, 0.4) is 0 Å². The van der Waals surface area contributed by atoms with Gasteiger partial charge in [0.2, 0.25) is 11.8 Å². The Labute approximate surface area is 179 Å². The van der Waals surface area contributed by atoms with Crippen LogP contribution >= 0.6 is 12.4 Å². The number of hydrogen-bond donors (Lipinski definition) is 2. The first kappa shape index (κ1) is 23.6. The van der Waals surface area contributed by atoms with Crippen LogP contribution in [0.2, 0.25) is 0 Å². The molecular weight excluding hydrogens is 394 g/mol. The summed E-state index contributed by atoms with van der Waals surface area (Å²) in [6.07, 6.45) is 6.19. The van der Waals surface area contributed by atoms with Gasteiger partial charge in [-0.15, -0.1) is 12.4 Å². The number of piperidine rings is 1. The Morgan fingerprint density at radius 2 is 1.93 bits per heavy atom. The zero-order valence-electron chi connectivity index (χ0n) is 17.6. The van der Waals surface area contributed by atoms with Crippen molar-refractivity contribution in [3.8, 4) is 0 Å². The van der Waals surface area contributed by atoms with Gasteiger partial charge < -0.3 is 20.3 Å². The van der Waals surface area contributed by atoms with E-state index in [9.17, 15) is 9.59 Å². The van der Waals surface area contributed by atoms with Crippen molar-refractivity contribution in [3.63, 3.8) is 0 Å². The number of hydrogen-bond acceptors (Lipinski definition) is 5. The lowest BCUT2D eigenvalue weighted by atomic mass is 9.84. The number of nitrogens with one attached hydrogen (secondary N) is 2. The Morgan fingerprint density at radius 1 is 1.28 bits per heavy atom. The van der Waals surface area contributed by atoms with E-state index in [1.807, 2.05) is 18.7 Å². The van der Waals surface area contributed by atoms with Gasteiger partial charge in [-0.05, 0) is 51.6 Å². The summed E-state index contributed by atoms with van der Waals surface area (Å²) < 4.78 is 7.25. The molecule has 2 saturated heterocycles. The van der Waals surface area contributed by atoms with Gasteiger partial charge in [0.1, 0.15) is 6.54 Å². The molecular formula is C20H34ClN5O3. The fourth-order valence-corrected chi connectivity index (χ4v) is 4.22.